The van der Waals surface area contributed by atoms with Gasteiger partial charge >= 0.3 is 0 Å². The van der Waals surface area contributed by atoms with Gasteiger partial charge in [0.1, 0.15) is 22.2 Å². The van der Waals surface area contributed by atoms with Gasteiger partial charge in [0.2, 0.25) is 6.04 Å². The second-order valence-electron chi connectivity index (χ2n) is 6.04. The van der Waals surface area contributed by atoms with Crippen molar-refractivity contribution in [3.8, 4) is 23.0 Å². The third-order valence-electron chi connectivity index (χ3n) is 4.11. The zero-order valence-electron chi connectivity index (χ0n) is 17.5. The molecule has 1 atom stereocenters. The SMILES string of the molecule is COc1cc(N=NC(C(C)=O)C(=O)Nc2ccc(OC)c(OC)c2Cl)c(OC)cc1Cl. The predicted molar refractivity (Wildman–Crippen MR) is 117 cm³/mol. The highest BCUT2D eigenvalue weighted by molar-refractivity contribution is 6.35. The van der Waals surface area contributed by atoms with Crippen LogP contribution in [0.2, 0.25) is 10.0 Å². The van der Waals surface area contributed by atoms with Crippen molar-refractivity contribution < 1.29 is 28.5 Å². The van der Waals surface area contributed by atoms with Crippen LogP contribution in [-0.4, -0.2) is 46.2 Å². The monoisotopic (exact) mass is 469 g/mol. The van der Waals surface area contributed by atoms with Crippen LogP contribution < -0.4 is 24.3 Å². The molecule has 0 bridgehead atoms. The van der Waals surface area contributed by atoms with Crippen molar-refractivity contribution in [2.24, 2.45) is 10.2 Å². The van der Waals surface area contributed by atoms with Crippen LogP contribution in [0.4, 0.5) is 11.4 Å². The van der Waals surface area contributed by atoms with Crippen molar-refractivity contribution in [2.75, 3.05) is 33.8 Å². The van der Waals surface area contributed by atoms with Crippen molar-refractivity contribution in [2.45, 2.75) is 13.0 Å². The second-order valence-corrected chi connectivity index (χ2v) is 6.82. The van der Waals surface area contributed by atoms with Crippen LogP contribution in [0, 0.1) is 0 Å². The molecule has 0 saturated carbocycles. The Hall–Kier alpha value is -3.04. The topological polar surface area (TPSA) is 108 Å². The lowest BCUT2D eigenvalue weighted by Gasteiger charge is -2.15. The first-order chi connectivity index (χ1) is 14.8. The number of hydrogen-bond acceptors (Lipinski definition) is 8. The number of azo groups is 1. The van der Waals surface area contributed by atoms with E-state index in [4.69, 9.17) is 42.1 Å². The molecule has 11 heteroatoms. The van der Waals surface area contributed by atoms with Gasteiger partial charge in [0.05, 0.1) is 39.1 Å². The molecule has 0 aliphatic carbocycles. The molecule has 0 fully saturated rings. The van der Waals surface area contributed by atoms with Crippen LogP contribution in [0.15, 0.2) is 34.5 Å². The molecule has 1 N–H and O–H groups in total. The molecular weight excluding hydrogens is 449 g/mol. The summed E-state index contributed by atoms with van der Waals surface area (Å²) in [6.07, 6.45) is 0. The summed E-state index contributed by atoms with van der Waals surface area (Å²) in [5.41, 5.74) is 0.448. The molecule has 1 unspecified atom stereocenters. The fourth-order valence-electron chi connectivity index (χ4n) is 2.55. The fraction of sp³-hybridized carbons (Fsp3) is 0.300. The Morgan fingerprint density at radius 1 is 0.935 bits per heavy atom. The molecule has 2 aromatic carbocycles. The molecule has 2 aromatic rings. The number of nitrogens with zero attached hydrogens (tertiary/aromatic N) is 2. The number of rotatable bonds is 9. The van der Waals surface area contributed by atoms with Crippen molar-refractivity contribution >= 4 is 46.3 Å². The summed E-state index contributed by atoms with van der Waals surface area (Å²) in [7, 11) is 5.73. The Morgan fingerprint density at radius 3 is 2.13 bits per heavy atom. The number of halogens is 2. The molecule has 0 spiro atoms. The first kappa shape index (κ1) is 24.2. The number of carbonyl (C=O) groups excluding carboxylic acids is 2. The van der Waals surface area contributed by atoms with Gasteiger partial charge in [-0.2, -0.15) is 10.2 Å². The summed E-state index contributed by atoms with van der Waals surface area (Å²) in [5, 5.41) is 10.9. The molecule has 0 aliphatic heterocycles. The summed E-state index contributed by atoms with van der Waals surface area (Å²) >= 11 is 12.3. The average molecular weight is 470 g/mol. The number of benzene rings is 2. The molecule has 0 aliphatic rings. The first-order valence-corrected chi connectivity index (χ1v) is 9.57. The maximum absolute atomic E-state index is 12.7. The number of anilines is 1. The normalized spacial score (nSPS) is 11.7. The van der Waals surface area contributed by atoms with Gasteiger partial charge < -0.3 is 24.3 Å². The fourth-order valence-corrected chi connectivity index (χ4v) is 3.06. The number of amides is 1. The Balaban J connectivity index is 2.34. The number of methoxy groups -OCH3 is 4. The third kappa shape index (κ3) is 5.56. The van der Waals surface area contributed by atoms with Crippen LogP contribution >= 0.6 is 23.2 Å². The van der Waals surface area contributed by atoms with Crippen molar-refractivity contribution in [1.29, 1.82) is 0 Å². The standard InChI is InChI=1S/C20H21Cl2N3O6/c1-10(26)18(25-24-13-9-15(29-3)11(21)8-16(13)30-4)20(27)23-12-6-7-14(28-2)19(31-5)17(12)22/h6-9,18H,1-5H3,(H,23,27). The minimum Gasteiger partial charge on any atom is -0.495 e. The van der Waals surface area contributed by atoms with E-state index in [1.54, 1.807) is 6.07 Å². The highest BCUT2D eigenvalue weighted by atomic mass is 35.5. The highest BCUT2D eigenvalue weighted by Crippen LogP contribution is 2.40. The Labute approximate surface area is 189 Å². The molecule has 9 nitrogen and oxygen atoms in total. The van der Waals surface area contributed by atoms with Gasteiger partial charge in [-0.05, 0) is 19.1 Å². The summed E-state index contributed by atoms with van der Waals surface area (Å²) in [6.45, 7) is 1.22. The Kier molecular flexibility index (Phi) is 8.47. The number of ketones is 1. The largest absolute Gasteiger partial charge is 0.495 e. The Morgan fingerprint density at radius 2 is 1.58 bits per heavy atom. The third-order valence-corrected chi connectivity index (χ3v) is 4.78. The van der Waals surface area contributed by atoms with E-state index < -0.39 is 17.7 Å². The lowest BCUT2D eigenvalue weighted by molar-refractivity contribution is -0.126. The van der Waals surface area contributed by atoms with Crippen molar-refractivity contribution in [3.63, 3.8) is 0 Å². The molecule has 0 aromatic heterocycles. The van der Waals surface area contributed by atoms with Gasteiger partial charge in [0.25, 0.3) is 5.91 Å². The maximum Gasteiger partial charge on any atom is 0.258 e. The van der Waals surface area contributed by atoms with Crippen LogP contribution in [0.5, 0.6) is 23.0 Å². The van der Waals surface area contributed by atoms with Gasteiger partial charge in [0.15, 0.2) is 17.3 Å². The molecule has 31 heavy (non-hydrogen) atoms. The average Bonchev–Trinajstić information content (AvgIpc) is 2.75. The summed E-state index contributed by atoms with van der Waals surface area (Å²) in [5.74, 6) is -0.0152. The van der Waals surface area contributed by atoms with Crippen LogP contribution in [-0.2, 0) is 9.59 Å². The van der Waals surface area contributed by atoms with Gasteiger partial charge in [-0.25, -0.2) is 0 Å². The number of Topliss-reactive ketones (excluding diaryl/α,β-unsaturated/α-hetero) is 1. The van der Waals surface area contributed by atoms with E-state index in [0.717, 1.165) is 0 Å². The van der Waals surface area contributed by atoms with E-state index in [-0.39, 0.29) is 22.1 Å². The smallest absolute Gasteiger partial charge is 0.258 e. The number of ether oxygens (including phenoxy) is 4. The zero-order valence-corrected chi connectivity index (χ0v) is 19.0. The molecule has 0 saturated heterocycles. The van der Waals surface area contributed by atoms with E-state index in [0.29, 0.717) is 22.3 Å². The van der Waals surface area contributed by atoms with Crippen molar-refractivity contribution in [1.82, 2.24) is 0 Å². The lowest BCUT2D eigenvalue weighted by atomic mass is 10.2. The van der Waals surface area contributed by atoms with Crippen molar-refractivity contribution in [3.05, 3.63) is 34.3 Å². The second kappa shape index (κ2) is 10.8. The predicted octanol–water partition coefficient (Wildman–Crippen LogP) is 4.71. The van der Waals surface area contributed by atoms with Crippen LogP contribution in [0.25, 0.3) is 0 Å². The molecule has 1 amide bonds. The number of carbonyl (C=O) groups is 2. The molecule has 2 rings (SSSR count). The maximum atomic E-state index is 12.7. The summed E-state index contributed by atoms with van der Waals surface area (Å²) in [6, 6.07) is 4.61. The summed E-state index contributed by atoms with van der Waals surface area (Å²) < 4.78 is 20.7. The van der Waals surface area contributed by atoms with E-state index in [2.05, 4.69) is 15.5 Å². The number of hydrogen-bond donors (Lipinski definition) is 1. The highest BCUT2D eigenvalue weighted by Gasteiger charge is 2.25. The van der Waals surface area contributed by atoms with Crippen LogP contribution in [0.3, 0.4) is 0 Å². The number of nitrogens with one attached hydrogen (secondary N) is 1. The first-order valence-electron chi connectivity index (χ1n) is 8.81. The Bertz CT molecular complexity index is 1010. The van der Waals surface area contributed by atoms with Gasteiger partial charge in [-0.1, -0.05) is 23.2 Å². The van der Waals surface area contributed by atoms with Gasteiger partial charge in [0, 0.05) is 12.1 Å². The zero-order chi connectivity index (χ0) is 23.1. The van der Waals surface area contributed by atoms with E-state index in [9.17, 15) is 9.59 Å². The van der Waals surface area contributed by atoms with Gasteiger partial charge in [-0.3, -0.25) is 9.59 Å². The molecule has 166 valence electrons. The van der Waals surface area contributed by atoms with E-state index in [1.807, 2.05) is 0 Å². The van der Waals surface area contributed by atoms with Crippen LogP contribution in [0.1, 0.15) is 6.92 Å². The quantitative estimate of drug-likeness (QED) is 0.420. The molecule has 0 heterocycles. The van der Waals surface area contributed by atoms with Gasteiger partial charge in [-0.15, -0.1) is 0 Å². The van der Waals surface area contributed by atoms with E-state index in [1.165, 1.54) is 53.6 Å². The minimum absolute atomic E-state index is 0.110. The molecular formula is C20H21Cl2N3O6. The molecule has 0 radical (unpaired) electrons. The summed E-state index contributed by atoms with van der Waals surface area (Å²) in [4.78, 5) is 24.8. The lowest BCUT2D eigenvalue weighted by Crippen LogP contribution is -2.32. The van der Waals surface area contributed by atoms with E-state index >= 15 is 0 Å². The minimum atomic E-state index is -1.43.